The van der Waals surface area contributed by atoms with Gasteiger partial charge in [-0.3, -0.25) is 14.6 Å². The number of halogens is 4. The van der Waals surface area contributed by atoms with Crippen molar-refractivity contribution in [3.8, 4) is 22.5 Å². The number of nitrogens with one attached hydrogen (secondary N) is 3. The van der Waals surface area contributed by atoms with Crippen LogP contribution in [0.5, 0.6) is 0 Å². The molecule has 1 aliphatic rings. The number of esters is 1. The maximum Gasteiger partial charge on any atom is 0.490 e. The summed E-state index contributed by atoms with van der Waals surface area (Å²) in [6.07, 6.45) is -2.95. The summed E-state index contributed by atoms with van der Waals surface area (Å²) in [6, 6.07) is 9.92. The summed E-state index contributed by atoms with van der Waals surface area (Å²) in [5, 5.41) is 5.19. The lowest BCUT2D eigenvalue weighted by atomic mass is 10.1. The van der Waals surface area contributed by atoms with Crippen molar-refractivity contribution in [3.05, 3.63) is 58.9 Å². The number of pyridine rings is 1. The number of carbonyl (C=O) groups is 3. The van der Waals surface area contributed by atoms with Gasteiger partial charge in [-0.2, -0.15) is 13.2 Å². The zero-order valence-corrected chi connectivity index (χ0v) is 18.0. The van der Waals surface area contributed by atoms with Crippen LogP contribution in [0.1, 0.15) is 16.1 Å². The minimum atomic E-state index is -5.20. The summed E-state index contributed by atoms with van der Waals surface area (Å²) in [4.78, 5) is 42.3. The Bertz CT molecular complexity index is 1290. The van der Waals surface area contributed by atoms with Gasteiger partial charge in [0.05, 0.1) is 22.0 Å². The molecule has 0 radical (unpaired) electrons. The van der Waals surface area contributed by atoms with Crippen LogP contribution in [0.15, 0.2) is 42.6 Å². The first kappa shape index (κ1) is 23.3. The molecule has 1 aromatic carbocycles. The van der Waals surface area contributed by atoms with Gasteiger partial charge in [0.25, 0.3) is 11.8 Å². The van der Waals surface area contributed by atoms with Crippen LogP contribution in [-0.4, -0.2) is 47.1 Å². The number of rotatable bonds is 5. The Morgan fingerprint density at radius 1 is 1.18 bits per heavy atom. The Morgan fingerprint density at radius 2 is 1.97 bits per heavy atom. The molecule has 2 aromatic heterocycles. The van der Waals surface area contributed by atoms with Crippen LogP contribution in [0.2, 0.25) is 5.02 Å². The van der Waals surface area contributed by atoms with E-state index in [1.54, 1.807) is 36.5 Å². The van der Waals surface area contributed by atoms with Crippen molar-refractivity contribution < 1.29 is 32.3 Å². The highest BCUT2D eigenvalue weighted by molar-refractivity contribution is 6.36. The number of aromatic amines is 1. The van der Waals surface area contributed by atoms with Crippen molar-refractivity contribution in [2.75, 3.05) is 18.5 Å². The molecule has 2 amide bonds. The molecule has 12 heteroatoms. The van der Waals surface area contributed by atoms with E-state index in [2.05, 4.69) is 25.3 Å². The first-order chi connectivity index (χ1) is 16.1. The van der Waals surface area contributed by atoms with Crippen LogP contribution in [0.3, 0.4) is 0 Å². The van der Waals surface area contributed by atoms with Gasteiger partial charge in [-0.1, -0.05) is 23.7 Å². The van der Waals surface area contributed by atoms with Crippen LogP contribution in [0.4, 0.5) is 18.9 Å². The fourth-order valence-electron chi connectivity index (χ4n) is 3.42. The molecule has 0 saturated carbocycles. The van der Waals surface area contributed by atoms with Gasteiger partial charge in [-0.05, 0) is 24.3 Å². The van der Waals surface area contributed by atoms with Crippen LogP contribution in [0, 0.1) is 0 Å². The third-order valence-corrected chi connectivity index (χ3v) is 5.40. The Labute approximate surface area is 195 Å². The standard InChI is InChI=1S/C22H16ClF3N4O4/c23-19-12(2-1-3-15(19)30-18(31)10-34-21(33)22(24,25)26)17-8-11(4-6-27-17)16-9-13-14(29-16)5-7-28-20(13)32/h1-4,6,8-9,29H,5,7,10H2,(H,28,32)(H,30,31). The molecule has 1 aliphatic heterocycles. The average Bonchev–Trinajstić information content (AvgIpc) is 3.24. The zero-order valence-electron chi connectivity index (χ0n) is 17.3. The second-order valence-electron chi connectivity index (χ2n) is 7.30. The minimum absolute atomic E-state index is 0.0906. The van der Waals surface area contributed by atoms with Crippen molar-refractivity contribution in [1.29, 1.82) is 0 Å². The van der Waals surface area contributed by atoms with E-state index in [-0.39, 0.29) is 16.6 Å². The number of hydrogen-bond donors (Lipinski definition) is 3. The summed E-state index contributed by atoms with van der Waals surface area (Å²) in [6.45, 7) is -0.575. The Balaban J connectivity index is 1.55. The topological polar surface area (TPSA) is 113 Å². The number of nitrogens with zero attached hydrogens (tertiary/aromatic N) is 1. The Morgan fingerprint density at radius 3 is 2.71 bits per heavy atom. The van der Waals surface area contributed by atoms with Crippen molar-refractivity contribution in [2.24, 2.45) is 0 Å². The van der Waals surface area contributed by atoms with E-state index in [9.17, 15) is 27.6 Å². The largest absolute Gasteiger partial charge is 0.490 e. The predicted molar refractivity (Wildman–Crippen MR) is 116 cm³/mol. The molecule has 0 bridgehead atoms. The molecule has 0 aliphatic carbocycles. The number of H-pyrrole nitrogens is 1. The van der Waals surface area contributed by atoms with E-state index in [0.717, 1.165) is 17.0 Å². The van der Waals surface area contributed by atoms with E-state index in [4.69, 9.17) is 11.6 Å². The second-order valence-corrected chi connectivity index (χ2v) is 7.68. The number of ether oxygens (including phenoxy) is 1. The van der Waals surface area contributed by atoms with Crippen molar-refractivity contribution >= 4 is 35.1 Å². The summed E-state index contributed by atoms with van der Waals surface area (Å²) >= 11 is 6.42. The molecule has 34 heavy (non-hydrogen) atoms. The van der Waals surface area contributed by atoms with Gasteiger partial charge in [0, 0.05) is 41.7 Å². The summed E-state index contributed by atoms with van der Waals surface area (Å²) in [7, 11) is 0. The number of carbonyl (C=O) groups excluding carboxylic acids is 3. The van der Waals surface area contributed by atoms with Crippen LogP contribution < -0.4 is 10.6 Å². The molecule has 0 unspecified atom stereocenters. The number of benzene rings is 1. The van der Waals surface area contributed by atoms with Gasteiger partial charge in [0.15, 0.2) is 6.61 Å². The lowest BCUT2D eigenvalue weighted by Gasteiger charge is -2.12. The fraction of sp³-hybridized carbons (Fsp3) is 0.182. The van der Waals surface area contributed by atoms with Gasteiger partial charge >= 0.3 is 12.1 Å². The van der Waals surface area contributed by atoms with E-state index in [1.165, 1.54) is 6.07 Å². The second kappa shape index (κ2) is 9.18. The zero-order chi connectivity index (χ0) is 24.5. The number of amides is 2. The summed E-state index contributed by atoms with van der Waals surface area (Å²) < 4.78 is 40.6. The SMILES string of the molecule is O=C(COC(=O)C(F)(F)F)Nc1cccc(-c2cc(-c3cc4c([nH]3)CCNC4=O)ccn2)c1Cl. The molecule has 3 N–H and O–H groups in total. The molecule has 0 atom stereocenters. The van der Waals surface area contributed by atoms with E-state index in [0.29, 0.717) is 29.8 Å². The molecule has 176 valence electrons. The number of alkyl halides is 3. The van der Waals surface area contributed by atoms with Gasteiger partial charge in [0.2, 0.25) is 0 Å². The maximum atomic E-state index is 12.2. The van der Waals surface area contributed by atoms with Gasteiger partial charge in [0.1, 0.15) is 0 Å². The highest BCUT2D eigenvalue weighted by atomic mass is 35.5. The quantitative estimate of drug-likeness (QED) is 0.470. The van der Waals surface area contributed by atoms with E-state index >= 15 is 0 Å². The van der Waals surface area contributed by atoms with Crippen LogP contribution >= 0.6 is 11.6 Å². The third kappa shape index (κ3) is 4.88. The molecule has 3 aromatic rings. The predicted octanol–water partition coefficient (Wildman–Crippen LogP) is 3.73. The van der Waals surface area contributed by atoms with E-state index in [1.807, 2.05) is 0 Å². The fourth-order valence-corrected chi connectivity index (χ4v) is 3.69. The molecule has 0 spiro atoms. The highest BCUT2D eigenvalue weighted by Crippen LogP contribution is 2.34. The lowest BCUT2D eigenvalue weighted by Crippen LogP contribution is -2.31. The van der Waals surface area contributed by atoms with Gasteiger partial charge in [-0.15, -0.1) is 0 Å². The number of fused-ring (bicyclic) bond motifs is 1. The smallest absolute Gasteiger partial charge is 0.449 e. The van der Waals surface area contributed by atoms with Crippen molar-refractivity contribution in [3.63, 3.8) is 0 Å². The molecule has 8 nitrogen and oxygen atoms in total. The lowest BCUT2D eigenvalue weighted by molar-refractivity contribution is -0.199. The summed E-state index contributed by atoms with van der Waals surface area (Å²) in [5.41, 5.74) is 3.89. The minimum Gasteiger partial charge on any atom is -0.449 e. The molecule has 0 fully saturated rings. The Kier molecular flexibility index (Phi) is 6.29. The molecule has 4 rings (SSSR count). The third-order valence-electron chi connectivity index (χ3n) is 4.99. The number of hydrogen-bond acceptors (Lipinski definition) is 5. The number of anilines is 1. The molecule has 3 heterocycles. The first-order valence-electron chi connectivity index (χ1n) is 9.92. The van der Waals surface area contributed by atoms with Crippen LogP contribution in [0.25, 0.3) is 22.5 Å². The van der Waals surface area contributed by atoms with Gasteiger partial charge in [-0.25, -0.2) is 4.79 Å². The monoisotopic (exact) mass is 492 g/mol. The molecular formula is C22H16ClF3N4O4. The maximum absolute atomic E-state index is 12.2. The first-order valence-corrected chi connectivity index (χ1v) is 10.3. The average molecular weight is 493 g/mol. The molecule has 0 saturated heterocycles. The van der Waals surface area contributed by atoms with Crippen LogP contribution in [-0.2, 0) is 20.7 Å². The van der Waals surface area contributed by atoms with E-state index < -0.39 is 24.7 Å². The normalized spacial score (nSPS) is 13.1. The Hall–Kier alpha value is -3.86. The summed E-state index contributed by atoms with van der Waals surface area (Å²) in [5.74, 6) is -3.61. The highest BCUT2D eigenvalue weighted by Gasteiger charge is 2.41. The van der Waals surface area contributed by atoms with Crippen molar-refractivity contribution in [2.45, 2.75) is 12.6 Å². The van der Waals surface area contributed by atoms with Crippen molar-refractivity contribution in [1.82, 2.24) is 15.3 Å². The molecular weight excluding hydrogens is 477 g/mol. The number of aromatic nitrogens is 2. The van der Waals surface area contributed by atoms with Gasteiger partial charge < -0.3 is 20.4 Å².